The van der Waals surface area contributed by atoms with E-state index >= 15 is 0 Å². The average molecular weight is 405 g/mol. The van der Waals surface area contributed by atoms with Gasteiger partial charge in [0.15, 0.2) is 4.34 Å². The standard InChI is InChI=1S/C21H16N4OS2/c26-20(25-23-13-16-4-3-11-22-12-16)17-9-7-15(8-10-17)14-27-21-24-18-5-1-2-6-19(18)28-21/h1-13H,14H2,(H,25,26)/b23-13+. The molecule has 0 spiro atoms. The molecule has 7 heteroatoms. The first-order chi connectivity index (χ1) is 13.8. The zero-order valence-corrected chi connectivity index (χ0v) is 16.4. The van der Waals surface area contributed by atoms with Gasteiger partial charge in [0.1, 0.15) is 0 Å². The molecular formula is C21H16N4OS2. The zero-order valence-electron chi connectivity index (χ0n) is 14.8. The van der Waals surface area contributed by atoms with Crippen molar-refractivity contribution >= 4 is 45.4 Å². The third-order valence-electron chi connectivity index (χ3n) is 3.92. The summed E-state index contributed by atoms with van der Waals surface area (Å²) < 4.78 is 2.25. The largest absolute Gasteiger partial charge is 0.271 e. The summed E-state index contributed by atoms with van der Waals surface area (Å²) in [6, 6.07) is 19.4. The Morgan fingerprint density at radius 1 is 1.11 bits per heavy atom. The Morgan fingerprint density at radius 3 is 2.75 bits per heavy atom. The molecular weight excluding hydrogens is 388 g/mol. The maximum absolute atomic E-state index is 12.2. The van der Waals surface area contributed by atoms with Gasteiger partial charge in [-0.15, -0.1) is 11.3 Å². The smallest absolute Gasteiger partial charge is 0.267 e. The summed E-state index contributed by atoms with van der Waals surface area (Å²) in [7, 11) is 0. The highest BCUT2D eigenvalue weighted by molar-refractivity contribution is 8.00. The Kier molecular flexibility index (Phi) is 5.75. The number of benzene rings is 2. The molecule has 0 saturated heterocycles. The number of rotatable bonds is 6. The summed E-state index contributed by atoms with van der Waals surface area (Å²) >= 11 is 3.40. The lowest BCUT2D eigenvalue weighted by Gasteiger charge is -2.02. The van der Waals surface area contributed by atoms with E-state index in [9.17, 15) is 4.79 Å². The molecule has 4 rings (SSSR count). The molecule has 4 aromatic rings. The Labute approximate surface area is 170 Å². The van der Waals surface area contributed by atoms with Gasteiger partial charge in [-0.2, -0.15) is 5.10 Å². The summed E-state index contributed by atoms with van der Waals surface area (Å²) in [6.45, 7) is 0. The Balaban J connectivity index is 1.32. The number of para-hydroxylation sites is 1. The maximum atomic E-state index is 12.2. The van der Waals surface area contributed by atoms with E-state index in [1.807, 2.05) is 54.6 Å². The van der Waals surface area contributed by atoms with Crippen molar-refractivity contribution in [3.63, 3.8) is 0 Å². The van der Waals surface area contributed by atoms with E-state index < -0.39 is 0 Å². The summed E-state index contributed by atoms with van der Waals surface area (Å²) in [5.74, 6) is 0.562. The number of fused-ring (bicyclic) bond motifs is 1. The minimum absolute atomic E-state index is 0.245. The predicted octanol–water partition coefficient (Wildman–Crippen LogP) is 4.75. The molecule has 1 amide bonds. The highest BCUT2D eigenvalue weighted by Crippen LogP contribution is 2.31. The third-order valence-corrected chi connectivity index (χ3v) is 6.17. The second-order valence-electron chi connectivity index (χ2n) is 5.92. The molecule has 0 aliphatic carbocycles. The SMILES string of the molecule is O=C(N/N=C/c1cccnc1)c1ccc(CSc2nc3ccccc3s2)cc1. The molecule has 2 heterocycles. The third kappa shape index (κ3) is 4.62. The monoisotopic (exact) mass is 404 g/mol. The predicted molar refractivity (Wildman–Crippen MR) is 115 cm³/mol. The highest BCUT2D eigenvalue weighted by Gasteiger charge is 2.06. The average Bonchev–Trinajstić information content (AvgIpc) is 3.16. The lowest BCUT2D eigenvalue weighted by atomic mass is 10.1. The molecule has 0 saturated carbocycles. The van der Waals surface area contributed by atoms with Crippen molar-refractivity contribution < 1.29 is 4.79 Å². The van der Waals surface area contributed by atoms with E-state index in [0.29, 0.717) is 5.56 Å². The lowest BCUT2D eigenvalue weighted by molar-refractivity contribution is 0.0955. The van der Waals surface area contributed by atoms with Gasteiger partial charge in [0, 0.05) is 29.3 Å². The second-order valence-corrected chi connectivity index (χ2v) is 8.17. The number of thioether (sulfide) groups is 1. The van der Waals surface area contributed by atoms with Crippen LogP contribution in [0.25, 0.3) is 10.2 Å². The first kappa shape index (κ1) is 18.3. The van der Waals surface area contributed by atoms with Gasteiger partial charge < -0.3 is 0 Å². The van der Waals surface area contributed by atoms with Crippen LogP contribution in [0.2, 0.25) is 0 Å². The van der Waals surface area contributed by atoms with Crippen LogP contribution in [0.3, 0.4) is 0 Å². The van der Waals surface area contributed by atoms with E-state index in [4.69, 9.17) is 0 Å². The van der Waals surface area contributed by atoms with Gasteiger partial charge in [-0.05, 0) is 35.9 Å². The number of pyridine rings is 1. The van der Waals surface area contributed by atoms with E-state index in [0.717, 1.165) is 26.7 Å². The number of amides is 1. The van der Waals surface area contributed by atoms with Gasteiger partial charge in [-0.3, -0.25) is 9.78 Å². The Morgan fingerprint density at radius 2 is 1.96 bits per heavy atom. The zero-order chi connectivity index (χ0) is 19.2. The van der Waals surface area contributed by atoms with Crippen LogP contribution >= 0.6 is 23.1 Å². The van der Waals surface area contributed by atoms with Gasteiger partial charge in [-0.1, -0.05) is 42.1 Å². The molecule has 0 unspecified atom stereocenters. The van der Waals surface area contributed by atoms with Gasteiger partial charge in [0.25, 0.3) is 5.91 Å². The van der Waals surface area contributed by atoms with Gasteiger partial charge in [-0.25, -0.2) is 10.4 Å². The molecule has 28 heavy (non-hydrogen) atoms. The number of hydrogen-bond acceptors (Lipinski definition) is 6. The van der Waals surface area contributed by atoms with Gasteiger partial charge in [0.2, 0.25) is 0 Å². The first-order valence-electron chi connectivity index (χ1n) is 8.59. The molecule has 0 aliphatic rings. The normalized spacial score (nSPS) is 11.1. The van der Waals surface area contributed by atoms with E-state index in [1.54, 1.807) is 41.7 Å². The fourth-order valence-corrected chi connectivity index (χ4v) is 4.52. The minimum Gasteiger partial charge on any atom is -0.267 e. The number of carbonyl (C=O) groups is 1. The van der Waals surface area contributed by atoms with E-state index in [2.05, 4.69) is 26.6 Å². The molecule has 2 aromatic carbocycles. The molecule has 5 nitrogen and oxygen atoms in total. The van der Waals surface area contributed by atoms with Crippen molar-refractivity contribution in [1.29, 1.82) is 0 Å². The Hall–Kier alpha value is -3.03. The molecule has 0 fully saturated rings. The molecule has 0 aliphatic heterocycles. The fraction of sp³-hybridized carbons (Fsp3) is 0.0476. The number of carbonyl (C=O) groups excluding carboxylic acids is 1. The summed E-state index contributed by atoms with van der Waals surface area (Å²) in [4.78, 5) is 20.8. The van der Waals surface area contributed by atoms with Crippen molar-refractivity contribution in [2.75, 3.05) is 0 Å². The molecule has 0 bridgehead atoms. The second kappa shape index (κ2) is 8.77. The van der Waals surface area contributed by atoms with Crippen LogP contribution < -0.4 is 5.43 Å². The van der Waals surface area contributed by atoms with Crippen molar-refractivity contribution in [2.45, 2.75) is 10.1 Å². The van der Waals surface area contributed by atoms with Crippen LogP contribution in [0.1, 0.15) is 21.5 Å². The Bertz CT molecular complexity index is 1080. The molecule has 0 radical (unpaired) electrons. The fourth-order valence-electron chi connectivity index (χ4n) is 2.49. The number of nitrogens with zero attached hydrogens (tertiary/aromatic N) is 3. The van der Waals surface area contributed by atoms with Crippen LogP contribution in [-0.2, 0) is 5.75 Å². The molecule has 0 atom stereocenters. The molecule has 138 valence electrons. The topological polar surface area (TPSA) is 67.2 Å². The van der Waals surface area contributed by atoms with Crippen molar-refractivity contribution in [1.82, 2.24) is 15.4 Å². The summed E-state index contributed by atoms with van der Waals surface area (Å²) in [5.41, 5.74) is 6.09. The van der Waals surface area contributed by atoms with Crippen LogP contribution in [0.15, 0.2) is 82.5 Å². The van der Waals surface area contributed by atoms with Crippen LogP contribution in [0.4, 0.5) is 0 Å². The molecule has 1 N–H and O–H groups in total. The lowest BCUT2D eigenvalue weighted by Crippen LogP contribution is -2.17. The van der Waals surface area contributed by atoms with Crippen molar-refractivity contribution in [2.24, 2.45) is 5.10 Å². The number of thiazole rings is 1. The number of nitrogens with one attached hydrogen (secondary N) is 1. The van der Waals surface area contributed by atoms with E-state index in [1.165, 1.54) is 4.70 Å². The van der Waals surface area contributed by atoms with Crippen molar-refractivity contribution in [3.05, 3.63) is 89.7 Å². The summed E-state index contributed by atoms with van der Waals surface area (Å²) in [6.07, 6.45) is 4.92. The van der Waals surface area contributed by atoms with Crippen LogP contribution in [0.5, 0.6) is 0 Å². The number of hydrogen-bond donors (Lipinski definition) is 1. The summed E-state index contributed by atoms with van der Waals surface area (Å²) in [5, 5.41) is 3.96. The van der Waals surface area contributed by atoms with Crippen LogP contribution in [0, 0.1) is 0 Å². The first-order valence-corrected chi connectivity index (χ1v) is 10.4. The minimum atomic E-state index is -0.245. The van der Waals surface area contributed by atoms with Crippen molar-refractivity contribution in [3.8, 4) is 0 Å². The van der Waals surface area contributed by atoms with Crippen LogP contribution in [-0.4, -0.2) is 22.1 Å². The molecule has 2 aromatic heterocycles. The highest BCUT2D eigenvalue weighted by atomic mass is 32.2. The maximum Gasteiger partial charge on any atom is 0.271 e. The number of hydrazone groups is 1. The van der Waals surface area contributed by atoms with Gasteiger partial charge >= 0.3 is 0 Å². The quantitative estimate of drug-likeness (QED) is 0.286. The van der Waals surface area contributed by atoms with Gasteiger partial charge in [0.05, 0.1) is 16.4 Å². The van der Waals surface area contributed by atoms with E-state index in [-0.39, 0.29) is 5.91 Å². The number of aromatic nitrogens is 2.